The maximum absolute atomic E-state index is 11.9. The molecular weight excluding hydrogens is 232 g/mol. The zero-order chi connectivity index (χ0) is 12.8. The third-order valence-corrected chi connectivity index (χ3v) is 2.61. The van der Waals surface area contributed by atoms with Gasteiger partial charge in [-0.05, 0) is 24.1 Å². The van der Waals surface area contributed by atoms with Crippen molar-refractivity contribution >= 4 is 12.3 Å². The monoisotopic (exact) mass is 246 g/mol. The molecule has 18 heavy (non-hydrogen) atoms. The van der Waals surface area contributed by atoms with E-state index in [9.17, 15) is 4.79 Å². The number of carbonyl (C=O) groups is 1. The lowest BCUT2D eigenvalue weighted by atomic mass is 10.1. The highest BCUT2D eigenvalue weighted by Gasteiger charge is 2.19. The van der Waals surface area contributed by atoms with Crippen LogP contribution in [0.3, 0.4) is 0 Å². The summed E-state index contributed by atoms with van der Waals surface area (Å²) < 4.78 is 5.23. The van der Waals surface area contributed by atoms with Gasteiger partial charge in [0.05, 0.1) is 12.8 Å². The van der Waals surface area contributed by atoms with Gasteiger partial charge in [-0.15, -0.1) is 0 Å². The van der Waals surface area contributed by atoms with Gasteiger partial charge in [0.15, 0.2) is 0 Å². The van der Waals surface area contributed by atoms with Crippen molar-refractivity contribution in [1.82, 2.24) is 4.90 Å². The van der Waals surface area contributed by atoms with Crippen molar-refractivity contribution in [3.05, 3.63) is 42.0 Å². The zero-order valence-corrected chi connectivity index (χ0v) is 9.82. The van der Waals surface area contributed by atoms with Crippen LogP contribution in [-0.2, 0) is 0 Å². The minimum absolute atomic E-state index is 0.391. The average Bonchev–Trinajstić information content (AvgIpc) is 2.40. The molecule has 0 saturated carbocycles. The van der Waals surface area contributed by atoms with Crippen molar-refractivity contribution in [3.8, 4) is 5.75 Å². The van der Waals surface area contributed by atoms with Gasteiger partial charge in [0, 0.05) is 6.54 Å². The highest BCUT2D eigenvalue weighted by molar-refractivity contribution is 5.81. The van der Waals surface area contributed by atoms with Crippen LogP contribution in [0.25, 0.3) is 0 Å². The molecule has 0 aliphatic carbocycles. The number of hydrogen-bond donors (Lipinski definition) is 1. The fourth-order valence-electron chi connectivity index (χ4n) is 1.75. The minimum atomic E-state index is -0.391. The quantitative estimate of drug-likeness (QED) is 0.494. The molecule has 0 spiro atoms. The van der Waals surface area contributed by atoms with E-state index in [4.69, 9.17) is 9.94 Å². The second kappa shape index (κ2) is 5.86. The largest absolute Gasteiger partial charge is 0.415 e. The molecule has 1 aliphatic rings. The molecule has 1 N–H and O–H groups in total. The van der Waals surface area contributed by atoms with Crippen molar-refractivity contribution in [1.29, 1.82) is 0 Å². The molecule has 1 aromatic rings. The van der Waals surface area contributed by atoms with Gasteiger partial charge in [0.25, 0.3) is 0 Å². The first kappa shape index (κ1) is 12.2. The Labute approximate surface area is 105 Å². The Kier molecular flexibility index (Phi) is 3.96. The van der Waals surface area contributed by atoms with Gasteiger partial charge < -0.3 is 14.8 Å². The van der Waals surface area contributed by atoms with E-state index in [1.807, 2.05) is 24.3 Å². The zero-order valence-electron chi connectivity index (χ0n) is 9.82. The van der Waals surface area contributed by atoms with Crippen LogP contribution in [0.4, 0.5) is 4.79 Å². The van der Waals surface area contributed by atoms with Crippen molar-refractivity contribution in [3.63, 3.8) is 0 Å². The van der Waals surface area contributed by atoms with E-state index in [2.05, 4.69) is 5.16 Å². The van der Waals surface area contributed by atoms with Crippen LogP contribution in [-0.4, -0.2) is 35.5 Å². The Morgan fingerprint density at radius 2 is 2.17 bits per heavy atom. The lowest BCUT2D eigenvalue weighted by molar-refractivity contribution is 0.156. The number of carbonyl (C=O) groups excluding carboxylic acids is 1. The molecule has 1 amide bonds. The molecule has 94 valence electrons. The summed E-state index contributed by atoms with van der Waals surface area (Å²) in [4.78, 5) is 13.5. The van der Waals surface area contributed by atoms with E-state index in [1.54, 1.807) is 17.0 Å². The Morgan fingerprint density at radius 3 is 2.89 bits per heavy atom. The van der Waals surface area contributed by atoms with E-state index in [0.717, 1.165) is 12.0 Å². The highest BCUT2D eigenvalue weighted by Crippen LogP contribution is 2.13. The molecule has 1 heterocycles. The number of hydrogen-bond acceptors (Lipinski definition) is 4. The first-order valence-electron chi connectivity index (χ1n) is 5.68. The first-order valence-corrected chi connectivity index (χ1v) is 5.68. The van der Waals surface area contributed by atoms with Gasteiger partial charge >= 0.3 is 6.09 Å². The molecule has 2 rings (SSSR count). The number of oxime groups is 1. The van der Waals surface area contributed by atoms with Crippen molar-refractivity contribution in [2.45, 2.75) is 6.42 Å². The molecule has 5 heteroatoms. The number of rotatable bonds is 2. The first-order chi connectivity index (χ1) is 8.79. The number of amides is 1. The summed E-state index contributed by atoms with van der Waals surface area (Å²) in [6.07, 6.45) is 3.61. The van der Waals surface area contributed by atoms with Crippen LogP contribution in [0.1, 0.15) is 6.42 Å². The Hall–Kier alpha value is -2.30. The maximum Gasteiger partial charge on any atom is 0.415 e. The third-order valence-electron chi connectivity index (χ3n) is 2.61. The molecule has 1 aromatic carbocycles. The predicted octanol–water partition coefficient (Wildman–Crippen LogP) is 2.28. The van der Waals surface area contributed by atoms with Crippen LogP contribution in [0.2, 0.25) is 0 Å². The van der Waals surface area contributed by atoms with E-state index < -0.39 is 6.09 Å². The molecule has 0 saturated heterocycles. The lowest BCUT2D eigenvalue weighted by Crippen LogP contribution is -2.38. The normalized spacial score (nSPS) is 15.6. The number of nitrogens with zero attached hydrogens (tertiary/aromatic N) is 2. The number of ether oxygens (including phenoxy) is 1. The van der Waals surface area contributed by atoms with Crippen LogP contribution in [0.5, 0.6) is 5.75 Å². The fraction of sp³-hybridized carbons (Fsp3) is 0.231. The Balaban J connectivity index is 1.96. The maximum atomic E-state index is 11.9. The van der Waals surface area contributed by atoms with E-state index in [0.29, 0.717) is 18.8 Å². The summed E-state index contributed by atoms with van der Waals surface area (Å²) in [5.41, 5.74) is 0.800. The minimum Gasteiger partial charge on any atom is -0.411 e. The second-order valence-electron chi connectivity index (χ2n) is 3.91. The van der Waals surface area contributed by atoms with Gasteiger partial charge in [0.1, 0.15) is 5.75 Å². The van der Waals surface area contributed by atoms with Gasteiger partial charge in [0.2, 0.25) is 0 Å². The van der Waals surface area contributed by atoms with Crippen LogP contribution in [0, 0.1) is 0 Å². The average molecular weight is 246 g/mol. The van der Waals surface area contributed by atoms with Crippen molar-refractivity contribution < 1.29 is 14.7 Å². The molecule has 1 aliphatic heterocycles. The summed E-state index contributed by atoms with van der Waals surface area (Å²) in [6, 6.07) is 8.93. The van der Waals surface area contributed by atoms with Crippen LogP contribution < -0.4 is 4.74 Å². The van der Waals surface area contributed by atoms with Gasteiger partial charge in [-0.25, -0.2) is 4.79 Å². The van der Waals surface area contributed by atoms with E-state index in [1.165, 1.54) is 6.21 Å². The number of benzene rings is 1. The SMILES string of the molecule is O=C(Oc1ccccc1)N1CCC=C(/C=N/O)C1. The van der Waals surface area contributed by atoms with Crippen LogP contribution >= 0.6 is 0 Å². The summed E-state index contributed by atoms with van der Waals surface area (Å²) in [5.74, 6) is 0.523. The smallest absolute Gasteiger partial charge is 0.411 e. The summed E-state index contributed by atoms with van der Waals surface area (Å²) in [6.45, 7) is 1.00. The third kappa shape index (κ3) is 3.10. The molecule has 0 atom stereocenters. The predicted molar refractivity (Wildman–Crippen MR) is 67.0 cm³/mol. The fourth-order valence-corrected chi connectivity index (χ4v) is 1.75. The molecular formula is C13H14N2O3. The number of para-hydroxylation sites is 1. The Bertz CT molecular complexity index is 468. The second-order valence-corrected chi connectivity index (χ2v) is 3.91. The summed E-state index contributed by atoms with van der Waals surface area (Å²) in [5, 5.41) is 11.4. The summed E-state index contributed by atoms with van der Waals surface area (Å²) in [7, 11) is 0. The topological polar surface area (TPSA) is 62.1 Å². The van der Waals surface area contributed by atoms with Crippen LogP contribution in [0.15, 0.2) is 47.1 Å². The molecule has 0 radical (unpaired) electrons. The van der Waals surface area contributed by atoms with Crippen molar-refractivity contribution in [2.75, 3.05) is 13.1 Å². The van der Waals surface area contributed by atoms with Gasteiger partial charge in [-0.2, -0.15) is 0 Å². The van der Waals surface area contributed by atoms with E-state index in [-0.39, 0.29) is 0 Å². The van der Waals surface area contributed by atoms with E-state index >= 15 is 0 Å². The Morgan fingerprint density at radius 1 is 1.39 bits per heavy atom. The molecule has 0 fully saturated rings. The molecule has 5 nitrogen and oxygen atoms in total. The van der Waals surface area contributed by atoms with Crippen molar-refractivity contribution in [2.24, 2.45) is 5.16 Å². The molecule has 0 bridgehead atoms. The van der Waals surface area contributed by atoms with Gasteiger partial charge in [-0.3, -0.25) is 0 Å². The lowest BCUT2D eigenvalue weighted by Gasteiger charge is -2.25. The molecule has 0 aromatic heterocycles. The summed E-state index contributed by atoms with van der Waals surface area (Å²) >= 11 is 0. The van der Waals surface area contributed by atoms with Gasteiger partial charge in [-0.1, -0.05) is 29.4 Å². The highest BCUT2D eigenvalue weighted by atomic mass is 16.6. The standard InChI is InChI=1S/C13H14N2O3/c16-13(18-12-6-2-1-3-7-12)15-8-4-5-11(10-15)9-14-17/h1-3,5-7,9,17H,4,8,10H2/b14-9+. The molecule has 0 unspecified atom stereocenters.